The fourth-order valence-electron chi connectivity index (χ4n) is 4.27. The van der Waals surface area contributed by atoms with E-state index >= 15 is 0 Å². The molecule has 0 unspecified atom stereocenters. The Morgan fingerprint density at radius 1 is 1.30 bits per heavy atom. The molecule has 0 spiro atoms. The summed E-state index contributed by atoms with van der Waals surface area (Å²) in [6, 6.07) is 9.70. The number of carbonyl (C=O) groups is 1. The number of benzene rings is 1. The average molecular weight is 368 g/mol. The van der Waals surface area contributed by atoms with Crippen LogP contribution in [0.4, 0.5) is 0 Å². The first-order chi connectivity index (χ1) is 12.7. The van der Waals surface area contributed by atoms with E-state index in [0.29, 0.717) is 5.56 Å². The summed E-state index contributed by atoms with van der Waals surface area (Å²) in [5, 5.41) is 12.7. The molecule has 0 aliphatic carbocycles. The van der Waals surface area contributed by atoms with Crippen molar-refractivity contribution < 1.29 is 4.79 Å². The monoisotopic (exact) mass is 367 g/mol. The molecular formula is C23H33N3O. The van der Waals surface area contributed by atoms with Gasteiger partial charge in [0.1, 0.15) is 0 Å². The summed E-state index contributed by atoms with van der Waals surface area (Å²) in [7, 11) is 0. The van der Waals surface area contributed by atoms with Crippen LogP contribution >= 0.6 is 0 Å². The molecule has 0 saturated carbocycles. The molecule has 1 aromatic carbocycles. The van der Waals surface area contributed by atoms with E-state index in [1.54, 1.807) is 18.2 Å². The van der Waals surface area contributed by atoms with Crippen molar-refractivity contribution in [2.24, 2.45) is 0 Å². The molecule has 1 amide bonds. The van der Waals surface area contributed by atoms with E-state index in [-0.39, 0.29) is 23.0 Å². The third-order valence-corrected chi connectivity index (χ3v) is 5.08. The largest absolute Gasteiger partial charge is 0.336 e. The predicted molar refractivity (Wildman–Crippen MR) is 111 cm³/mol. The minimum absolute atomic E-state index is 0.00199. The Morgan fingerprint density at radius 2 is 1.96 bits per heavy atom. The Kier molecular flexibility index (Phi) is 6.84. The van der Waals surface area contributed by atoms with Crippen LogP contribution in [-0.2, 0) is 4.79 Å². The molecule has 146 valence electrons. The summed E-state index contributed by atoms with van der Waals surface area (Å²) >= 11 is 0. The molecule has 0 atom stereocenters. The maximum Gasteiger partial charge on any atom is 0.246 e. The molecule has 0 bridgehead atoms. The van der Waals surface area contributed by atoms with Gasteiger partial charge in [-0.15, -0.1) is 0 Å². The van der Waals surface area contributed by atoms with Crippen LogP contribution in [0.5, 0.6) is 0 Å². The van der Waals surface area contributed by atoms with E-state index in [2.05, 4.69) is 50.9 Å². The molecule has 1 heterocycles. The van der Waals surface area contributed by atoms with Crippen molar-refractivity contribution in [3.63, 3.8) is 0 Å². The van der Waals surface area contributed by atoms with E-state index in [1.807, 2.05) is 18.2 Å². The second-order valence-electron chi connectivity index (χ2n) is 8.91. The van der Waals surface area contributed by atoms with Crippen molar-refractivity contribution in [2.75, 3.05) is 6.54 Å². The van der Waals surface area contributed by atoms with Crippen molar-refractivity contribution in [1.82, 2.24) is 10.2 Å². The van der Waals surface area contributed by atoms with Crippen LogP contribution in [0.3, 0.4) is 0 Å². The summed E-state index contributed by atoms with van der Waals surface area (Å²) in [4.78, 5) is 15.1. The zero-order valence-corrected chi connectivity index (χ0v) is 17.4. The van der Waals surface area contributed by atoms with Crippen LogP contribution in [0.2, 0.25) is 0 Å². The Morgan fingerprint density at radius 3 is 2.56 bits per heavy atom. The van der Waals surface area contributed by atoms with Gasteiger partial charge >= 0.3 is 0 Å². The standard InChI is InChI=1S/C23H33N3O/c1-6-7-13-26(20-15-22(2,3)25-23(4,5)16-20)21(27)12-11-18-9-8-10-19(14-18)17-24/h8-12,14,20,25H,6-7,13,15-16H2,1-5H3. The lowest BCUT2D eigenvalue weighted by Gasteiger charge is -2.49. The fourth-order valence-corrected chi connectivity index (χ4v) is 4.27. The minimum atomic E-state index is 0.00199. The van der Waals surface area contributed by atoms with Gasteiger partial charge < -0.3 is 10.2 Å². The van der Waals surface area contributed by atoms with Crippen molar-refractivity contribution >= 4 is 12.0 Å². The summed E-state index contributed by atoms with van der Waals surface area (Å²) in [6.07, 6.45) is 7.45. The first-order valence-corrected chi connectivity index (χ1v) is 9.94. The average Bonchev–Trinajstić information content (AvgIpc) is 2.57. The first kappa shape index (κ1) is 21.2. The third-order valence-electron chi connectivity index (χ3n) is 5.08. The van der Waals surface area contributed by atoms with Gasteiger partial charge in [0, 0.05) is 29.7 Å². The highest BCUT2D eigenvalue weighted by molar-refractivity contribution is 5.92. The number of hydrogen-bond acceptors (Lipinski definition) is 3. The van der Waals surface area contributed by atoms with Gasteiger partial charge in [0.2, 0.25) is 5.91 Å². The lowest BCUT2D eigenvalue weighted by molar-refractivity contribution is -0.130. The van der Waals surface area contributed by atoms with E-state index in [9.17, 15) is 4.79 Å². The number of hydrogen-bond donors (Lipinski definition) is 1. The van der Waals surface area contributed by atoms with Crippen LogP contribution in [-0.4, -0.2) is 34.5 Å². The summed E-state index contributed by atoms with van der Waals surface area (Å²) in [6.45, 7) is 11.8. The third kappa shape index (κ3) is 6.22. The van der Waals surface area contributed by atoms with Crippen molar-refractivity contribution in [2.45, 2.75) is 77.4 Å². The van der Waals surface area contributed by atoms with Gasteiger partial charge in [0.15, 0.2) is 0 Å². The molecule has 27 heavy (non-hydrogen) atoms. The van der Waals surface area contributed by atoms with Crippen LogP contribution in [0.1, 0.15) is 71.4 Å². The van der Waals surface area contributed by atoms with Gasteiger partial charge in [-0.3, -0.25) is 4.79 Å². The lowest BCUT2D eigenvalue weighted by atomic mass is 9.79. The Labute approximate surface area is 164 Å². The smallest absolute Gasteiger partial charge is 0.246 e. The molecule has 1 fully saturated rings. The number of nitriles is 1. The van der Waals surface area contributed by atoms with Gasteiger partial charge in [-0.1, -0.05) is 25.5 Å². The highest BCUT2D eigenvalue weighted by Gasteiger charge is 2.40. The normalized spacial score (nSPS) is 19.0. The van der Waals surface area contributed by atoms with Crippen molar-refractivity contribution in [1.29, 1.82) is 5.26 Å². The van der Waals surface area contributed by atoms with Gasteiger partial charge in [-0.25, -0.2) is 0 Å². The molecule has 1 aliphatic rings. The zero-order valence-electron chi connectivity index (χ0n) is 17.4. The van der Waals surface area contributed by atoms with Gasteiger partial charge in [0.25, 0.3) is 0 Å². The number of unbranched alkanes of at least 4 members (excludes halogenated alkanes) is 1. The van der Waals surface area contributed by atoms with E-state index in [0.717, 1.165) is 37.8 Å². The Balaban J connectivity index is 2.20. The maximum atomic E-state index is 13.1. The number of rotatable bonds is 6. The molecular weight excluding hydrogens is 334 g/mol. The number of amides is 1. The molecule has 1 aromatic rings. The molecule has 1 saturated heterocycles. The van der Waals surface area contributed by atoms with Crippen molar-refractivity contribution in [3.8, 4) is 6.07 Å². The predicted octanol–water partition coefficient (Wildman–Crippen LogP) is 4.51. The summed E-state index contributed by atoms with van der Waals surface area (Å²) < 4.78 is 0. The molecule has 2 rings (SSSR count). The van der Waals surface area contributed by atoms with Gasteiger partial charge in [-0.05, 0) is 70.7 Å². The van der Waals surface area contributed by atoms with Crippen LogP contribution in [0, 0.1) is 11.3 Å². The topological polar surface area (TPSA) is 56.1 Å². The minimum Gasteiger partial charge on any atom is -0.336 e. The number of nitrogens with one attached hydrogen (secondary N) is 1. The van der Waals surface area contributed by atoms with Crippen LogP contribution in [0.15, 0.2) is 30.3 Å². The van der Waals surface area contributed by atoms with Gasteiger partial charge in [-0.2, -0.15) is 5.26 Å². The first-order valence-electron chi connectivity index (χ1n) is 9.94. The highest BCUT2D eigenvalue weighted by Crippen LogP contribution is 2.32. The molecule has 1 aliphatic heterocycles. The Hall–Kier alpha value is -2.12. The second kappa shape index (κ2) is 8.71. The number of piperidine rings is 1. The van der Waals surface area contributed by atoms with Crippen LogP contribution in [0.25, 0.3) is 6.08 Å². The fraction of sp³-hybridized carbons (Fsp3) is 0.565. The Bertz CT molecular complexity index is 711. The summed E-state index contributed by atoms with van der Waals surface area (Å²) in [5.74, 6) is 0.0595. The van der Waals surface area contributed by atoms with E-state index < -0.39 is 0 Å². The second-order valence-corrected chi connectivity index (χ2v) is 8.91. The quantitative estimate of drug-likeness (QED) is 0.753. The SMILES string of the molecule is CCCCN(C(=O)C=Cc1cccc(C#N)c1)C1CC(C)(C)NC(C)(C)C1. The summed E-state index contributed by atoms with van der Waals surface area (Å²) in [5.41, 5.74) is 1.49. The van der Waals surface area contributed by atoms with E-state index in [1.165, 1.54) is 0 Å². The van der Waals surface area contributed by atoms with Crippen molar-refractivity contribution in [3.05, 3.63) is 41.5 Å². The molecule has 0 radical (unpaired) electrons. The highest BCUT2D eigenvalue weighted by atomic mass is 16.2. The maximum absolute atomic E-state index is 13.1. The molecule has 1 N–H and O–H groups in total. The molecule has 4 heteroatoms. The molecule has 0 aromatic heterocycles. The van der Waals surface area contributed by atoms with Gasteiger partial charge in [0.05, 0.1) is 11.6 Å². The zero-order chi connectivity index (χ0) is 20.1. The number of carbonyl (C=O) groups excluding carboxylic acids is 1. The van der Waals surface area contributed by atoms with E-state index in [4.69, 9.17) is 5.26 Å². The van der Waals surface area contributed by atoms with Crippen LogP contribution < -0.4 is 5.32 Å². The molecule has 4 nitrogen and oxygen atoms in total. The lowest BCUT2D eigenvalue weighted by Crippen LogP contribution is -2.62. The number of nitrogens with zero attached hydrogens (tertiary/aromatic N) is 2.